The number of aryl methyl sites for hydroxylation is 1. The molecule has 2 aromatic heterocycles. The van der Waals surface area contributed by atoms with Crippen LogP contribution >= 0.6 is 22.7 Å². The summed E-state index contributed by atoms with van der Waals surface area (Å²) in [5.41, 5.74) is 4.04. The van der Waals surface area contributed by atoms with Gasteiger partial charge in [0, 0.05) is 7.05 Å². The minimum atomic E-state index is -4.52. The van der Waals surface area contributed by atoms with E-state index in [1.165, 1.54) is 105 Å². The number of benzene rings is 3. The van der Waals surface area contributed by atoms with Gasteiger partial charge in [-0.2, -0.15) is 0 Å². The Morgan fingerprint density at radius 3 is 1.84 bits per heavy atom. The first kappa shape index (κ1) is 40.4. The highest BCUT2D eigenvalue weighted by molar-refractivity contribution is 7.85. The lowest BCUT2D eigenvalue weighted by molar-refractivity contribution is -0.929. The smallest absolute Gasteiger partial charge is 0.212 e. The predicted octanol–water partition coefficient (Wildman–Crippen LogP) is 9.27. The molecule has 0 bridgehead atoms. The molecule has 0 fully saturated rings. The Morgan fingerprint density at radius 2 is 1.29 bits per heavy atom. The molecule has 0 atom stereocenters. The van der Waals surface area contributed by atoms with Crippen molar-refractivity contribution in [2.75, 3.05) is 26.2 Å². The number of thiazole rings is 2. The van der Waals surface area contributed by atoms with Crippen LogP contribution in [0.15, 0.2) is 88.4 Å². The molecule has 0 N–H and O–H groups in total. The normalized spacial score (nSPS) is 12.8. The van der Waals surface area contributed by atoms with Crippen LogP contribution in [0, 0.1) is 0 Å². The summed E-state index contributed by atoms with van der Waals surface area (Å²) in [4.78, 5) is 1.08. The molecule has 0 aliphatic heterocycles. The fourth-order valence-corrected chi connectivity index (χ4v) is 8.85. The average molecular weight is 750 g/mol. The van der Waals surface area contributed by atoms with Crippen LogP contribution in [0.2, 0.25) is 0 Å². The van der Waals surface area contributed by atoms with E-state index >= 15 is 0 Å². The van der Waals surface area contributed by atoms with E-state index in [1.807, 2.05) is 42.0 Å². The molecule has 0 unspecified atom stereocenters. The van der Waals surface area contributed by atoms with Crippen LogP contribution < -0.4 is 9.60 Å². The van der Waals surface area contributed by atoms with E-state index in [9.17, 15) is 13.0 Å². The van der Waals surface area contributed by atoms with Gasteiger partial charge in [0.05, 0.1) is 58.1 Å². The van der Waals surface area contributed by atoms with Crippen LogP contribution in [-0.2, 0) is 23.7 Å². The van der Waals surface area contributed by atoms with Crippen LogP contribution in [0.3, 0.4) is 0 Å². The van der Waals surface area contributed by atoms with Crippen LogP contribution in [0.1, 0.15) is 90.2 Å². The zero-order chi connectivity index (χ0) is 36.9. The first-order valence-corrected chi connectivity index (χ1v) is 21.4. The summed E-state index contributed by atoms with van der Waals surface area (Å²) in [5.74, 6) is 0. The number of nitrogens with zero attached hydrogens (tertiary/aromatic N) is 5. The Labute approximate surface area is 312 Å². The van der Waals surface area contributed by atoms with Crippen LogP contribution in [-0.4, -0.2) is 52.8 Å². The summed E-state index contributed by atoms with van der Waals surface area (Å²) in [6, 6.07) is 20.6. The van der Waals surface area contributed by atoms with Gasteiger partial charge in [-0.05, 0) is 67.1 Å². The van der Waals surface area contributed by atoms with Crippen molar-refractivity contribution < 1.29 is 17.5 Å². The van der Waals surface area contributed by atoms with E-state index in [2.05, 4.69) is 73.3 Å². The Kier molecular flexibility index (Phi) is 15.4. The summed E-state index contributed by atoms with van der Waals surface area (Å²) in [6.07, 6.45) is 12.9. The molecule has 0 radical (unpaired) electrons. The molecule has 5 rings (SSSR count). The standard InChI is InChI=1S/C24H20N4O3S3.C16H36N/c1-3-16-8-10-17(11-9-16)15-28-20-6-4-5-7-21(20)32-24(28)26-25-23-27(2)19-13-12-18(34(29,30)31)14-22(19)33-23;1-5-9-13-17(14-10-6-2,15-11-7-3)16-12-8-4/h3-14H,1,15H2,2H3,(H,29,30,31);5-16H2,1-4H3/q;+1/p-1. The third-order valence-electron chi connectivity index (χ3n) is 9.38. The third-order valence-corrected chi connectivity index (χ3v) is 12.3. The minimum Gasteiger partial charge on any atom is -0.744 e. The molecule has 0 aliphatic carbocycles. The molecule has 0 aliphatic rings. The number of hydrogen-bond donors (Lipinski definition) is 0. The van der Waals surface area contributed by atoms with Crippen molar-refractivity contribution in [3.63, 3.8) is 0 Å². The number of hydrogen-bond acceptors (Lipinski definition) is 7. The lowest BCUT2D eigenvalue weighted by Gasteiger charge is -2.39. The molecule has 0 amide bonds. The number of aromatic nitrogens is 2. The van der Waals surface area contributed by atoms with Crippen molar-refractivity contribution in [1.29, 1.82) is 0 Å². The first-order valence-electron chi connectivity index (χ1n) is 18.4. The van der Waals surface area contributed by atoms with Gasteiger partial charge in [-0.25, -0.2) is 8.42 Å². The summed E-state index contributed by atoms with van der Waals surface area (Å²) in [7, 11) is -2.69. The quantitative estimate of drug-likeness (QED) is 0.0539. The van der Waals surface area contributed by atoms with E-state index in [4.69, 9.17) is 0 Å². The molecular formula is C40H55N5O3S3. The van der Waals surface area contributed by atoms with Crippen molar-refractivity contribution >= 4 is 59.3 Å². The van der Waals surface area contributed by atoms with Crippen molar-refractivity contribution in [3.8, 4) is 0 Å². The predicted molar refractivity (Wildman–Crippen MR) is 215 cm³/mol. The zero-order valence-corrected chi connectivity index (χ0v) is 33.5. The number of fused-ring (bicyclic) bond motifs is 2. The Balaban J connectivity index is 0.000000292. The van der Waals surface area contributed by atoms with Crippen LogP contribution in [0.25, 0.3) is 26.5 Å². The molecule has 276 valence electrons. The Bertz CT molecular complexity index is 2070. The first-order chi connectivity index (χ1) is 24.6. The van der Waals surface area contributed by atoms with Crippen LogP contribution in [0.4, 0.5) is 0 Å². The number of para-hydroxylation sites is 1. The third kappa shape index (κ3) is 11.1. The summed E-state index contributed by atoms with van der Waals surface area (Å²) < 4.78 is 41.3. The van der Waals surface area contributed by atoms with Crippen molar-refractivity contribution in [1.82, 2.24) is 9.13 Å². The zero-order valence-electron chi connectivity index (χ0n) is 31.0. The molecule has 0 saturated heterocycles. The SMILES string of the molecule is C=Cc1ccc(Cn2c(=NN=c3sc4cc(S(=O)(=O)[O-])ccc4n3C)sc3ccccc32)cc1.CCCC[N+](CCCC)(CCCC)CCCC. The molecule has 0 spiro atoms. The lowest BCUT2D eigenvalue weighted by Crippen LogP contribution is -2.50. The highest BCUT2D eigenvalue weighted by Gasteiger charge is 2.24. The molecule has 0 saturated carbocycles. The van der Waals surface area contributed by atoms with Gasteiger partial charge in [0.1, 0.15) is 10.1 Å². The van der Waals surface area contributed by atoms with E-state index in [1.54, 1.807) is 17.4 Å². The summed E-state index contributed by atoms with van der Waals surface area (Å²) >= 11 is 2.83. The fraction of sp³-hybridized carbons (Fsp3) is 0.450. The number of quaternary nitrogens is 1. The van der Waals surface area contributed by atoms with Gasteiger partial charge in [0.2, 0.25) is 9.60 Å². The van der Waals surface area contributed by atoms with Crippen molar-refractivity contribution in [3.05, 3.63) is 94.0 Å². The van der Waals surface area contributed by atoms with Crippen molar-refractivity contribution in [2.24, 2.45) is 17.3 Å². The van der Waals surface area contributed by atoms with Gasteiger partial charge in [0.15, 0.2) is 0 Å². The molecule has 11 heteroatoms. The average Bonchev–Trinajstić information content (AvgIpc) is 3.65. The molecule has 2 heterocycles. The molecule has 5 aromatic rings. The van der Waals surface area contributed by atoms with Gasteiger partial charge >= 0.3 is 0 Å². The monoisotopic (exact) mass is 749 g/mol. The summed E-state index contributed by atoms with van der Waals surface area (Å²) in [6.45, 7) is 19.5. The van der Waals surface area contributed by atoms with Crippen LogP contribution in [0.5, 0.6) is 0 Å². The van der Waals surface area contributed by atoms with Gasteiger partial charge in [-0.1, -0.05) is 125 Å². The Morgan fingerprint density at radius 1 is 0.745 bits per heavy atom. The maximum Gasteiger partial charge on any atom is 0.212 e. The maximum absolute atomic E-state index is 11.4. The topological polar surface area (TPSA) is 91.8 Å². The van der Waals surface area contributed by atoms with Crippen molar-refractivity contribution in [2.45, 2.75) is 90.5 Å². The van der Waals surface area contributed by atoms with E-state index in [-0.39, 0.29) is 4.90 Å². The van der Waals surface area contributed by atoms with Gasteiger partial charge in [-0.3, -0.25) is 0 Å². The minimum absolute atomic E-state index is 0.254. The lowest BCUT2D eigenvalue weighted by atomic mass is 10.1. The second kappa shape index (κ2) is 19.5. The second-order valence-electron chi connectivity index (χ2n) is 13.3. The highest BCUT2D eigenvalue weighted by Crippen LogP contribution is 2.22. The summed E-state index contributed by atoms with van der Waals surface area (Å²) in [5, 5.41) is 9.06. The number of unbranched alkanes of at least 4 members (excludes halogenated alkanes) is 4. The van der Waals surface area contributed by atoms with Gasteiger partial charge in [-0.15, -0.1) is 10.2 Å². The molecule has 3 aromatic carbocycles. The molecule has 8 nitrogen and oxygen atoms in total. The second-order valence-corrected chi connectivity index (χ2v) is 16.7. The largest absolute Gasteiger partial charge is 0.744 e. The maximum atomic E-state index is 11.4. The van der Waals surface area contributed by atoms with E-state index in [0.717, 1.165) is 31.7 Å². The Hall–Kier alpha value is -3.35. The van der Waals surface area contributed by atoms with Gasteiger partial charge < -0.3 is 18.2 Å². The van der Waals surface area contributed by atoms with E-state index in [0.29, 0.717) is 16.0 Å². The highest BCUT2D eigenvalue weighted by atomic mass is 32.2. The fourth-order valence-electron chi connectivity index (χ4n) is 6.29. The number of rotatable bonds is 17. The van der Waals surface area contributed by atoms with E-state index < -0.39 is 10.1 Å². The molecule has 51 heavy (non-hydrogen) atoms. The molecular weight excluding hydrogens is 695 g/mol. The van der Waals surface area contributed by atoms with Gasteiger partial charge in [0.25, 0.3) is 0 Å².